The molecule has 1 aliphatic carbocycles. The maximum Gasteiger partial charge on any atom is 0.410 e. The van der Waals surface area contributed by atoms with Crippen LogP contribution in [0.1, 0.15) is 81.4 Å². The summed E-state index contributed by atoms with van der Waals surface area (Å²) in [5.74, 6) is -0.707. The molecule has 0 N–H and O–H groups in total. The van der Waals surface area contributed by atoms with E-state index in [9.17, 15) is 14.4 Å². The van der Waals surface area contributed by atoms with E-state index in [-0.39, 0.29) is 25.2 Å². The lowest BCUT2D eigenvalue weighted by atomic mass is 9.91. The van der Waals surface area contributed by atoms with Crippen LogP contribution in [0, 0.1) is 0 Å². The first-order valence-corrected chi connectivity index (χ1v) is 21.6. The van der Waals surface area contributed by atoms with E-state index in [4.69, 9.17) is 28.1 Å². The quantitative estimate of drug-likeness (QED) is 0.0923. The van der Waals surface area contributed by atoms with E-state index >= 15 is 0 Å². The Kier molecular flexibility index (Phi) is 12.3. The van der Waals surface area contributed by atoms with Crippen molar-refractivity contribution >= 4 is 26.2 Å². The lowest BCUT2D eigenvalue weighted by molar-refractivity contribution is -0.344. The second-order valence-electron chi connectivity index (χ2n) is 14.5. The van der Waals surface area contributed by atoms with Gasteiger partial charge in [0.25, 0.3) is 0 Å². The highest BCUT2D eigenvalue weighted by Crippen LogP contribution is 2.49. The summed E-state index contributed by atoms with van der Waals surface area (Å²) in [6.45, 7) is 8.08. The van der Waals surface area contributed by atoms with Gasteiger partial charge < -0.3 is 32.9 Å². The molecule has 2 fully saturated rings. The highest BCUT2D eigenvalue weighted by atomic mass is 28.4. The lowest BCUT2D eigenvalue weighted by Gasteiger charge is -2.53. The van der Waals surface area contributed by atoms with Crippen LogP contribution in [-0.2, 0) is 37.7 Å². The summed E-state index contributed by atoms with van der Waals surface area (Å²) in [6.07, 6.45) is -0.734. The van der Waals surface area contributed by atoms with E-state index in [0.717, 1.165) is 59.5 Å². The molecule has 6 rings (SSSR count). The number of hydrogen-bond donors (Lipinski definition) is 0. The van der Waals surface area contributed by atoms with Crippen LogP contribution in [0.15, 0.2) is 78.9 Å². The highest BCUT2D eigenvalue weighted by molar-refractivity contribution is 6.71. The van der Waals surface area contributed by atoms with Crippen molar-refractivity contribution in [1.29, 1.82) is 0 Å². The fraction of sp³-hybridized carbons (Fsp3) is 0.488. The Morgan fingerprint density at radius 3 is 2.13 bits per heavy atom. The van der Waals surface area contributed by atoms with Crippen LogP contribution in [0.3, 0.4) is 0 Å². The first-order valence-electron chi connectivity index (χ1n) is 18.5. The third-order valence-electron chi connectivity index (χ3n) is 10.2. The molecule has 2 saturated heterocycles. The maximum atomic E-state index is 14.4. The van der Waals surface area contributed by atoms with Gasteiger partial charge in [0.2, 0.25) is 0 Å². The number of carbonyl (C=O) groups excluding carboxylic acids is 3. The molecule has 1 amide bonds. The van der Waals surface area contributed by atoms with Crippen molar-refractivity contribution in [3.05, 3.63) is 95.6 Å². The van der Waals surface area contributed by atoms with Crippen molar-refractivity contribution in [3.8, 4) is 11.1 Å². The summed E-state index contributed by atoms with van der Waals surface area (Å²) < 4.78 is 38.8. The van der Waals surface area contributed by atoms with Gasteiger partial charge in [-0.05, 0) is 48.3 Å². The Hall–Kier alpha value is -3.87. The van der Waals surface area contributed by atoms with Crippen LogP contribution in [0.4, 0.5) is 4.79 Å². The van der Waals surface area contributed by atoms with E-state index in [1.165, 1.54) is 14.0 Å². The molecule has 0 spiro atoms. The van der Waals surface area contributed by atoms with Gasteiger partial charge in [0.1, 0.15) is 24.0 Å². The number of methoxy groups -OCH3 is 1. The van der Waals surface area contributed by atoms with Crippen molar-refractivity contribution in [1.82, 2.24) is 4.90 Å². The van der Waals surface area contributed by atoms with Crippen molar-refractivity contribution in [2.45, 2.75) is 114 Å². The van der Waals surface area contributed by atoms with E-state index in [1.807, 2.05) is 78.9 Å². The molecule has 1 unspecified atom stereocenters. The molecule has 2 heterocycles. The summed E-state index contributed by atoms with van der Waals surface area (Å²) in [5.41, 5.74) is 4.60. The van der Waals surface area contributed by atoms with Gasteiger partial charge in [0.05, 0.1) is 26.2 Å². The second-order valence-corrected chi connectivity index (χ2v) is 18.8. The molecule has 0 radical (unpaired) electrons. The SMILES string of the molecule is CCCCCC[Si](C)(C)O[C@@H]1O[C@@H]2COC(c3ccccc3)O[C@H]2[C@H](OC(=O)CCC(C)=O)[C@H]1N(C(=O)OC)C1c2ccccc2-c2ccccc21. The molecule has 6 atom stereocenters. The Balaban J connectivity index is 1.47. The third-order valence-corrected chi connectivity index (χ3v) is 12.6. The average molecular weight is 730 g/mol. The Bertz CT molecular complexity index is 1650. The zero-order valence-corrected chi connectivity index (χ0v) is 31.8. The van der Waals surface area contributed by atoms with Crippen LogP contribution in [-0.4, -0.2) is 75.4 Å². The topological polar surface area (TPSA) is 110 Å². The summed E-state index contributed by atoms with van der Waals surface area (Å²) in [5, 5.41) is 0. The molecule has 52 heavy (non-hydrogen) atoms. The number of rotatable bonds is 14. The normalized spacial score (nSPS) is 23.9. The van der Waals surface area contributed by atoms with Gasteiger partial charge in [0.15, 0.2) is 27.0 Å². The first kappa shape index (κ1) is 37.9. The van der Waals surface area contributed by atoms with Crippen LogP contribution in [0.25, 0.3) is 11.1 Å². The number of ketones is 1. The molecule has 2 aliphatic heterocycles. The summed E-state index contributed by atoms with van der Waals surface area (Å²) in [4.78, 5) is 41.7. The van der Waals surface area contributed by atoms with Crippen LogP contribution < -0.4 is 0 Å². The van der Waals surface area contributed by atoms with Crippen molar-refractivity contribution < 1.29 is 42.5 Å². The summed E-state index contributed by atoms with van der Waals surface area (Å²) in [7, 11) is -1.10. The van der Waals surface area contributed by atoms with Crippen LogP contribution in [0.2, 0.25) is 19.1 Å². The minimum absolute atomic E-state index is 0.0269. The van der Waals surface area contributed by atoms with Gasteiger partial charge in [-0.2, -0.15) is 0 Å². The van der Waals surface area contributed by atoms with E-state index < -0.39 is 63.4 Å². The Labute approximate surface area is 307 Å². The number of amides is 1. The summed E-state index contributed by atoms with van der Waals surface area (Å²) >= 11 is 0. The molecular weight excluding hydrogens is 679 g/mol. The fourth-order valence-electron chi connectivity index (χ4n) is 7.64. The number of unbranched alkanes of at least 4 members (excludes halogenated alkanes) is 3. The van der Waals surface area contributed by atoms with Gasteiger partial charge in [0, 0.05) is 12.0 Å². The van der Waals surface area contributed by atoms with Gasteiger partial charge >= 0.3 is 12.1 Å². The van der Waals surface area contributed by atoms with E-state index in [1.54, 1.807) is 4.90 Å². The average Bonchev–Trinajstić information content (AvgIpc) is 3.47. The van der Waals surface area contributed by atoms with Gasteiger partial charge in [-0.3, -0.25) is 9.69 Å². The number of benzene rings is 3. The minimum Gasteiger partial charge on any atom is -0.457 e. The predicted molar refractivity (Wildman–Crippen MR) is 198 cm³/mol. The zero-order valence-electron chi connectivity index (χ0n) is 30.8. The molecule has 3 aliphatic rings. The Morgan fingerprint density at radius 2 is 1.50 bits per heavy atom. The van der Waals surface area contributed by atoms with E-state index in [0.29, 0.717) is 0 Å². The van der Waals surface area contributed by atoms with Crippen molar-refractivity contribution in [3.63, 3.8) is 0 Å². The van der Waals surface area contributed by atoms with Crippen LogP contribution in [0.5, 0.6) is 0 Å². The molecule has 278 valence electrons. The molecular formula is C41H51NO9Si. The smallest absolute Gasteiger partial charge is 0.410 e. The third kappa shape index (κ3) is 8.34. The number of carbonyl (C=O) groups is 3. The summed E-state index contributed by atoms with van der Waals surface area (Å²) in [6, 6.07) is 24.8. The zero-order chi connectivity index (χ0) is 36.8. The second kappa shape index (κ2) is 16.9. The number of nitrogens with zero attached hydrogens (tertiary/aromatic N) is 1. The largest absolute Gasteiger partial charge is 0.457 e. The molecule has 11 heteroatoms. The number of Topliss-reactive ketones (excluding diaryl/α,β-unsaturated/α-hetero) is 1. The van der Waals surface area contributed by atoms with Gasteiger partial charge in [-0.1, -0.05) is 111 Å². The standard InChI is InChI=1S/C41H51NO9Si/c1-6-7-8-16-25-52(4,5)51-40-36(42(41(45)46-3)35-31-21-14-12-19-29(31)30-20-13-15-22-32(30)35)38(49-34(44)24-23-27(2)43)37-33(48-40)26-47-39(50-37)28-17-10-9-11-18-28/h9-15,17-22,33,35-40H,6-8,16,23-26H2,1-5H3/t33-,36-,37-,38-,39?,40+/m1/s1. The van der Waals surface area contributed by atoms with Gasteiger partial charge in [-0.25, -0.2) is 4.79 Å². The first-order chi connectivity index (χ1) is 25.1. The number of fused-ring (bicyclic) bond motifs is 4. The molecule has 3 aromatic carbocycles. The minimum atomic E-state index is -2.45. The monoisotopic (exact) mass is 729 g/mol. The van der Waals surface area contributed by atoms with Gasteiger partial charge in [-0.15, -0.1) is 0 Å². The number of esters is 1. The maximum absolute atomic E-state index is 14.4. The van der Waals surface area contributed by atoms with Crippen LogP contribution >= 0.6 is 0 Å². The fourth-order valence-corrected chi connectivity index (χ4v) is 9.68. The highest BCUT2D eigenvalue weighted by Gasteiger charge is 2.58. The molecule has 0 saturated carbocycles. The molecule has 0 aromatic heterocycles. The molecule has 0 bridgehead atoms. The Morgan fingerprint density at radius 1 is 0.846 bits per heavy atom. The lowest BCUT2D eigenvalue weighted by Crippen LogP contribution is -2.69. The molecule has 10 nitrogen and oxygen atoms in total. The van der Waals surface area contributed by atoms with Crippen molar-refractivity contribution in [2.24, 2.45) is 0 Å². The van der Waals surface area contributed by atoms with Crippen molar-refractivity contribution in [2.75, 3.05) is 13.7 Å². The number of hydrogen-bond acceptors (Lipinski definition) is 9. The predicted octanol–water partition coefficient (Wildman–Crippen LogP) is 8.12. The molecule has 3 aromatic rings. The van der Waals surface area contributed by atoms with E-state index in [2.05, 4.69) is 20.0 Å². The number of ether oxygens (including phenoxy) is 5.